The van der Waals surface area contributed by atoms with Crippen molar-refractivity contribution >= 4 is 22.6 Å². The van der Waals surface area contributed by atoms with Gasteiger partial charge in [-0.15, -0.1) is 0 Å². The van der Waals surface area contributed by atoms with E-state index in [1.165, 1.54) is 0 Å². The fourth-order valence-corrected chi connectivity index (χ4v) is 2.12. The first-order valence-corrected chi connectivity index (χ1v) is 7.06. The Morgan fingerprint density at radius 1 is 1.09 bits per heavy atom. The summed E-state index contributed by atoms with van der Waals surface area (Å²) in [6, 6.07) is -6.84. The van der Waals surface area contributed by atoms with Gasteiger partial charge in [-0.25, -0.2) is 4.98 Å². The number of hydrogen-bond acceptors (Lipinski definition) is 2. The van der Waals surface area contributed by atoms with Gasteiger partial charge in [0.1, 0.15) is 5.82 Å². The van der Waals surface area contributed by atoms with Gasteiger partial charge in [-0.3, -0.25) is 4.90 Å². The SMILES string of the molecule is [2H]c1c([2H])c(C([2H])([2H])n2c(C([2H])([2H])N3C([2H])([2H])CCC3([2H])[2H])nc3c([2H])c([2H])c([2H])c([2H])c32)c([2H])c([2H])c1Cl. The summed E-state index contributed by atoms with van der Waals surface area (Å²) in [5, 5.41) is -0.615. The zero-order valence-corrected chi connectivity index (χ0v) is 12.4. The molecule has 3 aromatic rings. The van der Waals surface area contributed by atoms with Gasteiger partial charge in [0, 0.05) is 17.0 Å². The van der Waals surface area contributed by atoms with Crippen molar-refractivity contribution in [3.8, 4) is 0 Å². The van der Waals surface area contributed by atoms with E-state index < -0.39 is 115 Å². The molecule has 118 valence electrons. The Morgan fingerprint density at radius 3 is 2.61 bits per heavy atom. The number of nitrogens with zero attached hydrogens (tertiary/aromatic N) is 3. The Balaban J connectivity index is 2.22. The van der Waals surface area contributed by atoms with Crippen molar-refractivity contribution in [2.24, 2.45) is 0 Å². The van der Waals surface area contributed by atoms with Gasteiger partial charge >= 0.3 is 0 Å². The molecule has 4 rings (SSSR count). The summed E-state index contributed by atoms with van der Waals surface area (Å²) in [6.07, 6.45) is -0.883. The van der Waals surface area contributed by atoms with Gasteiger partial charge < -0.3 is 4.57 Å². The number of rotatable bonds is 4. The van der Waals surface area contributed by atoms with Crippen molar-refractivity contribution in [1.82, 2.24) is 14.5 Å². The van der Waals surface area contributed by atoms with Gasteiger partial charge in [0.05, 0.1) is 34.0 Å². The second-order valence-corrected chi connectivity index (χ2v) is 4.91. The van der Waals surface area contributed by atoms with Gasteiger partial charge in [0.15, 0.2) is 0 Å². The summed E-state index contributed by atoms with van der Waals surface area (Å²) in [5.74, 6) is -1.07. The Labute approximate surface area is 164 Å². The third kappa shape index (κ3) is 3.12. The van der Waals surface area contributed by atoms with E-state index in [2.05, 4.69) is 4.98 Å². The molecule has 1 fully saturated rings. The van der Waals surface area contributed by atoms with Crippen LogP contribution in [0.1, 0.15) is 46.2 Å². The van der Waals surface area contributed by atoms with E-state index in [9.17, 15) is 0 Å². The van der Waals surface area contributed by atoms with Crippen molar-refractivity contribution in [2.75, 3.05) is 13.0 Å². The number of imidazole rings is 1. The lowest BCUT2D eigenvalue weighted by Gasteiger charge is -2.16. The van der Waals surface area contributed by atoms with Crippen molar-refractivity contribution in [2.45, 2.75) is 25.8 Å². The lowest BCUT2D eigenvalue weighted by Crippen LogP contribution is -2.21. The molecule has 0 bridgehead atoms. The maximum Gasteiger partial charge on any atom is 0.124 e. The van der Waals surface area contributed by atoms with E-state index in [0.717, 1.165) is 0 Å². The number of fused-ring (bicyclic) bond motifs is 1. The van der Waals surface area contributed by atoms with Crippen LogP contribution in [0.3, 0.4) is 0 Å². The fourth-order valence-electron chi connectivity index (χ4n) is 2.02. The van der Waals surface area contributed by atoms with Crippen LogP contribution in [-0.4, -0.2) is 27.4 Å². The lowest BCUT2D eigenvalue weighted by molar-refractivity contribution is 0.318. The monoisotopic (exact) mass is 341 g/mol. The van der Waals surface area contributed by atoms with E-state index in [1.54, 1.807) is 0 Å². The molecule has 2 heterocycles. The molecular weight excluding hydrogens is 306 g/mol. The summed E-state index contributed by atoms with van der Waals surface area (Å²) >= 11 is 5.86. The first-order valence-electron chi connectivity index (χ1n) is 14.7. The molecule has 0 unspecified atom stereocenters. The fraction of sp³-hybridized carbons (Fsp3) is 0.316. The first-order chi connectivity index (χ1) is 17.6. The molecule has 0 radical (unpaired) electrons. The largest absolute Gasteiger partial charge is 0.322 e. The smallest absolute Gasteiger partial charge is 0.124 e. The number of likely N-dealkylation sites (tertiary alicyclic amines) is 1. The van der Waals surface area contributed by atoms with E-state index in [4.69, 9.17) is 33.5 Å². The van der Waals surface area contributed by atoms with Crippen molar-refractivity contribution in [3.05, 3.63) is 64.7 Å². The van der Waals surface area contributed by atoms with Gasteiger partial charge in [0.25, 0.3) is 0 Å². The minimum Gasteiger partial charge on any atom is -0.322 e. The summed E-state index contributed by atoms with van der Waals surface area (Å²) in [7, 11) is 0. The predicted molar refractivity (Wildman–Crippen MR) is 94.8 cm³/mol. The van der Waals surface area contributed by atoms with Crippen LogP contribution < -0.4 is 0 Å². The molecule has 0 aliphatic carbocycles. The van der Waals surface area contributed by atoms with Crippen LogP contribution in [0.2, 0.25) is 5.02 Å². The minimum atomic E-state index is -3.31. The molecule has 0 spiro atoms. The van der Waals surface area contributed by atoms with Crippen molar-refractivity contribution < 1.29 is 21.9 Å². The number of benzene rings is 2. The molecule has 1 aliphatic heterocycles. The van der Waals surface area contributed by atoms with E-state index in [1.807, 2.05) is 0 Å². The Bertz CT molecular complexity index is 1490. The number of hydrogen-bond donors (Lipinski definition) is 0. The maximum atomic E-state index is 8.95. The van der Waals surface area contributed by atoms with Crippen LogP contribution in [0.4, 0.5) is 0 Å². The average Bonchev–Trinajstić information content (AvgIpc) is 3.34. The third-order valence-corrected chi connectivity index (χ3v) is 3.19. The quantitative estimate of drug-likeness (QED) is 0.704. The summed E-state index contributed by atoms with van der Waals surface area (Å²) in [4.78, 5) is 4.16. The molecule has 0 amide bonds. The van der Waals surface area contributed by atoms with Gasteiger partial charge in [-0.2, -0.15) is 0 Å². The Hall–Kier alpha value is -1.84. The topological polar surface area (TPSA) is 21.1 Å². The molecule has 4 heteroatoms. The highest BCUT2D eigenvalue weighted by Crippen LogP contribution is 2.21. The molecule has 0 atom stereocenters. The second kappa shape index (κ2) is 6.34. The van der Waals surface area contributed by atoms with E-state index in [0.29, 0.717) is 4.57 Å². The van der Waals surface area contributed by atoms with Crippen LogP contribution in [0.25, 0.3) is 11.0 Å². The number of aromatic nitrogens is 2. The molecule has 1 aromatic heterocycles. The Morgan fingerprint density at radius 2 is 1.83 bits per heavy atom. The second-order valence-electron chi connectivity index (χ2n) is 4.53. The summed E-state index contributed by atoms with van der Waals surface area (Å²) in [6.45, 7) is -11.8. The van der Waals surface area contributed by atoms with Crippen molar-refractivity contribution in [1.29, 1.82) is 0 Å². The number of halogens is 1. The molecule has 0 saturated carbocycles. The average molecular weight is 342 g/mol. The molecular formula is C19H20ClN3. The van der Waals surface area contributed by atoms with Crippen LogP contribution >= 0.6 is 11.6 Å². The van der Waals surface area contributed by atoms with Gasteiger partial charge in [-0.1, -0.05) is 35.8 Å². The predicted octanol–water partition coefficient (Wildman–Crippen LogP) is 4.33. The molecule has 1 saturated heterocycles. The van der Waals surface area contributed by atoms with Crippen LogP contribution in [0, 0.1) is 0 Å². The van der Waals surface area contributed by atoms with E-state index in [-0.39, 0.29) is 4.90 Å². The van der Waals surface area contributed by atoms with Gasteiger partial charge in [-0.05, 0) is 55.6 Å². The maximum absolute atomic E-state index is 8.95. The highest BCUT2D eigenvalue weighted by atomic mass is 35.5. The van der Waals surface area contributed by atoms with Crippen LogP contribution in [-0.2, 0) is 13.0 Å². The zero-order valence-electron chi connectivity index (χ0n) is 27.6. The molecule has 3 nitrogen and oxygen atoms in total. The minimum absolute atomic E-state index is 0.203. The van der Waals surface area contributed by atoms with Gasteiger partial charge in [0.2, 0.25) is 0 Å². The molecule has 23 heavy (non-hydrogen) atoms. The normalized spacial score (nSPS) is 31.2. The standard InChI is InChI=1S/C19H20ClN3/c20-16-9-7-15(8-10-16)13-23-18-6-2-1-5-17(18)21-19(23)14-22-11-3-4-12-22/h1-2,5-10H,3-4,11-14H2/i1D,2D,5D,6D,7D,8D,9D,10D,11D2,12D2,13D2,14D2. The van der Waals surface area contributed by atoms with Crippen LogP contribution in [0.5, 0.6) is 0 Å². The molecule has 2 aromatic carbocycles. The molecule has 0 N–H and O–H groups in total. The highest BCUT2D eigenvalue weighted by Gasteiger charge is 2.17. The zero-order chi connectivity index (χ0) is 29.8. The Kier molecular flexibility index (Phi) is 1.47. The third-order valence-electron chi connectivity index (χ3n) is 3.00. The number of para-hydroxylation sites is 2. The van der Waals surface area contributed by atoms with E-state index >= 15 is 0 Å². The summed E-state index contributed by atoms with van der Waals surface area (Å²) < 4.78 is 134. The van der Waals surface area contributed by atoms with Crippen molar-refractivity contribution in [3.63, 3.8) is 0 Å². The molecule has 1 aliphatic rings. The van der Waals surface area contributed by atoms with Crippen LogP contribution in [0.15, 0.2) is 48.3 Å². The first kappa shape index (κ1) is 5.33. The lowest BCUT2D eigenvalue weighted by atomic mass is 10.2. The highest BCUT2D eigenvalue weighted by molar-refractivity contribution is 6.30. The summed E-state index contributed by atoms with van der Waals surface area (Å²) in [5.41, 5.74) is -2.30.